The van der Waals surface area contributed by atoms with Crippen molar-refractivity contribution in [1.29, 1.82) is 0 Å². The van der Waals surface area contributed by atoms with Gasteiger partial charge in [-0.3, -0.25) is 14.9 Å². The van der Waals surface area contributed by atoms with Crippen LogP contribution in [0.25, 0.3) is 22.3 Å². The molecule has 0 radical (unpaired) electrons. The monoisotopic (exact) mass is 447 g/mol. The van der Waals surface area contributed by atoms with Crippen LogP contribution in [0.2, 0.25) is 0 Å². The fourth-order valence-electron chi connectivity index (χ4n) is 3.64. The van der Waals surface area contributed by atoms with Crippen molar-refractivity contribution in [2.75, 3.05) is 0 Å². The molecule has 0 aliphatic rings. The molecular formula is C25H21NO7. The highest BCUT2D eigenvalue weighted by Crippen LogP contribution is 2.44. The maximum atomic E-state index is 12.8. The van der Waals surface area contributed by atoms with Gasteiger partial charge in [0.1, 0.15) is 17.2 Å². The molecule has 1 heterocycles. The summed E-state index contributed by atoms with van der Waals surface area (Å²) in [6.07, 6.45) is 0.165. The van der Waals surface area contributed by atoms with E-state index < -0.39 is 34.7 Å². The summed E-state index contributed by atoms with van der Waals surface area (Å²) in [6.45, 7) is -0.249. The predicted molar refractivity (Wildman–Crippen MR) is 121 cm³/mol. The maximum Gasteiger partial charge on any atom is 0.321 e. The van der Waals surface area contributed by atoms with Crippen LogP contribution in [-0.4, -0.2) is 32.4 Å². The van der Waals surface area contributed by atoms with Gasteiger partial charge in [0.25, 0.3) is 0 Å². The second-order valence-electron chi connectivity index (χ2n) is 7.53. The largest absolute Gasteiger partial charge is 0.504 e. The summed E-state index contributed by atoms with van der Waals surface area (Å²) < 4.78 is 5.87. The third-order valence-electron chi connectivity index (χ3n) is 5.36. The highest BCUT2D eigenvalue weighted by molar-refractivity contribution is 5.92. The number of nitrogens with one attached hydrogen (secondary N) is 1. The second kappa shape index (κ2) is 9.05. The van der Waals surface area contributed by atoms with Crippen molar-refractivity contribution in [3.05, 3.63) is 88.1 Å². The van der Waals surface area contributed by atoms with E-state index in [1.54, 1.807) is 54.6 Å². The zero-order chi connectivity index (χ0) is 23.5. The van der Waals surface area contributed by atoms with Gasteiger partial charge in [0.05, 0.1) is 5.56 Å². The zero-order valence-electron chi connectivity index (χ0n) is 17.4. The Kier molecular flexibility index (Phi) is 6.01. The first-order chi connectivity index (χ1) is 15.9. The number of aliphatic carboxylic acids is 1. The lowest BCUT2D eigenvalue weighted by atomic mass is 10.0. The maximum absolute atomic E-state index is 12.8. The van der Waals surface area contributed by atoms with E-state index in [0.717, 1.165) is 5.56 Å². The van der Waals surface area contributed by atoms with Crippen LogP contribution in [0.5, 0.6) is 17.2 Å². The van der Waals surface area contributed by atoms with E-state index in [9.17, 15) is 30.0 Å². The molecule has 1 aromatic heterocycles. The third kappa shape index (κ3) is 4.37. The van der Waals surface area contributed by atoms with E-state index in [0.29, 0.717) is 5.56 Å². The molecular weight excluding hydrogens is 426 g/mol. The van der Waals surface area contributed by atoms with Gasteiger partial charge in [-0.05, 0) is 12.0 Å². The van der Waals surface area contributed by atoms with Crippen molar-refractivity contribution < 1.29 is 29.6 Å². The quantitative estimate of drug-likeness (QED) is 0.272. The van der Waals surface area contributed by atoms with E-state index in [-0.39, 0.29) is 35.3 Å². The first-order valence-electron chi connectivity index (χ1n) is 10.2. The molecule has 0 fully saturated rings. The standard InChI is InChI=1S/C25H21NO7/c27-18-12-19(15-9-5-2-6-10-15)33-24-16(21(28)23(30)22(29)20(18)24)13-26-17(25(31)32)11-14-7-3-1-4-8-14/h1-10,12,17,26,28-30H,11,13H2,(H,31,32)/t17-/m1/s1. The van der Waals surface area contributed by atoms with Crippen molar-refractivity contribution in [2.45, 2.75) is 19.0 Å². The third-order valence-corrected chi connectivity index (χ3v) is 5.36. The first-order valence-corrected chi connectivity index (χ1v) is 10.2. The molecule has 0 unspecified atom stereocenters. The van der Waals surface area contributed by atoms with Crippen LogP contribution in [0, 0.1) is 0 Å². The molecule has 8 heteroatoms. The van der Waals surface area contributed by atoms with Gasteiger partial charge in [-0.25, -0.2) is 0 Å². The normalized spacial score (nSPS) is 12.0. The molecule has 0 aliphatic heterocycles. The average Bonchev–Trinajstić information content (AvgIpc) is 2.82. The summed E-state index contributed by atoms with van der Waals surface area (Å²) in [5, 5.41) is 43.1. The molecule has 0 spiro atoms. The van der Waals surface area contributed by atoms with E-state index >= 15 is 0 Å². The minimum Gasteiger partial charge on any atom is -0.504 e. The molecule has 0 bridgehead atoms. The van der Waals surface area contributed by atoms with E-state index in [2.05, 4.69) is 5.32 Å². The van der Waals surface area contributed by atoms with Crippen LogP contribution in [0.15, 0.2) is 75.9 Å². The molecule has 1 atom stereocenters. The number of benzene rings is 3. The van der Waals surface area contributed by atoms with Crippen molar-refractivity contribution in [1.82, 2.24) is 5.32 Å². The Hall–Kier alpha value is -4.30. The molecule has 0 amide bonds. The number of carbonyl (C=O) groups is 1. The fraction of sp³-hybridized carbons (Fsp3) is 0.120. The SMILES string of the molecule is O=C(O)[C@@H](Cc1ccccc1)NCc1c(O)c(O)c(O)c2c(=O)cc(-c3ccccc3)oc12. The van der Waals surface area contributed by atoms with Gasteiger partial charge in [-0.1, -0.05) is 60.7 Å². The molecule has 4 rings (SSSR count). The van der Waals surface area contributed by atoms with Gasteiger partial charge < -0.3 is 24.8 Å². The van der Waals surface area contributed by atoms with Crippen LogP contribution in [0.4, 0.5) is 0 Å². The molecule has 8 nitrogen and oxygen atoms in total. The van der Waals surface area contributed by atoms with Crippen molar-refractivity contribution >= 4 is 16.9 Å². The van der Waals surface area contributed by atoms with Gasteiger partial charge in [0, 0.05) is 18.2 Å². The van der Waals surface area contributed by atoms with Crippen molar-refractivity contribution in [3.8, 4) is 28.6 Å². The fourth-order valence-corrected chi connectivity index (χ4v) is 3.64. The van der Waals surface area contributed by atoms with Crippen molar-refractivity contribution in [3.63, 3.8) is 0 Å². The minimum atomic E-state index is -1.11. The Balaban J connectivity index is 1.78. The van der Waals surface area contributed by atoms with Crippen LogP contribution < -0.4 is 10.7 Å². The number of carboxylic acid groups (broad SMARTS) is 1. The Morgan fingerprint density at radius 1 is 0.909 bits per heavy atom. The highest BCUT2D eigenvalue weighted by atomic mass is 16.4. The molecule has 168 valence electrons. The van der Waals surface area contributed by atoms with Crippen LogP contribution in [-0.2, 0) is 17.8 Å². The number of aromatic hydroxyl groups is 3. The summed E-state index contributed by atoms with van der Waals surface area (Å²) in [4.78, 5) is 24.6. The lowest BCUT2D eigenvalue weighted by Gasteiger charge is -2.17. The molecule has 0 saturated heterocycles. The second-order valence-corrected chi connectivity index (χ2v) is 7.53. The molecule has 5 N–H and O–H groups in total. The van der Waals surface area contributed by atoms with E-state index in [1.807, 2.05) is 6.07 Å². The average molecular weight is 447 g/mol. The number of phenols is 3. The van der Waals surface area contributed by atoms with Crippen molar-refractivity contribution in [2.24, 2.45) is 0 Å². The number of phenolic OH excluding ortho intramolecular Hbond substituents is 3. The zero-order valence-corrected chi connectivity index (χ0v) is 17.4. The molecule has 3 aromatic carbocycles. The van der Waals surface area contributed by atoms with Crippen LogP contribution in [0.1, 0.15) is 11.1 Å². The van der Waals surface area contributed by atoms with Crippen LogP contribution in [0.3, 0.4) is 0 Å². The molecule has 0 saturated carbocycles. The Bertz CT molecular complexity index is 1360. The van der Waals surface area contributed by atoms with Gasteiger partial charge in [0.2, 0.25) is 5.75 Å². The Morgan fingerprint density at radius 2 is 1.55 bits per heavy atom. The molecule has 0 aliphatic carbocycles. The van der Waals surface area contributed by atoms with Crippen LogP contribution >= 0.6 is 0 Å². The summed E-state index contributed by atoms with van der Waals surface area (Å²) in [7, 11) is 0. The Morgan fingerprint density at radius 3 is 2.18 bits per heavy atom. The lowest BCUT2D eigenvalue weighted by molar-refractivity contribution is -0.139. The number of hydrogen-bond acceptors (Lipinski definition) is 7. The lowest BCUT2D eigenvalue weighted by Crippen LogP contribution is -2.38. The van der Waals surface area contributed by atoms with E-state index in [1.165, 1.54) is 6.07 Å². The predicted octanol–water partition coefficient (Wildman–Crippen LogP) is 3.36. The van der Waals surface area contributed by atoms with Gasteiger partial charge >= 0.3 is 5.97 Å². The smallest absolute Gasteiger partial charge is 0.321 e. The Labute approximate surface area is 188 Å². The van der Waals surface area contributed by atoms with Gasteiger partial charge in [-0.2, -0.15) is 0 Å². The summed E-state index contributed by atoms with van der Waals surface area (Å²) in [5.74, 6) is -3.31. The highest BCUT2D eigenvalue weighted by Gasteiger charge is 2.25. The van der Waals surface area contributed by atoms with Gasteiger partial charge in [0.15, 0.2) is 22.5 Å². The van der Waals surface area contributed by atoms with Gasteiger partial charge in [-0.15, -0.1) is 0 Å². The molecule has 33 heavy (non-hydrogen) atoms. The molecule has 4 aromatic rings. The number of hydrogen-bond donors (Lipinski definition) is 5. The topological polar surface area (TPSA) is 140 Å². The van der Waals surface area contributed by atoms with E-state index in [4.69, 9.17) is 4.42 Å². The number of rotatable bonds is 7. The minimum absolute atomic E-state index is 0.0468. The summed E-state index contributed by atoms with van der Waals surface area (Å²) in [6, 6.07) is 17.9. The summed E-state index contributed by atoms with van der Waals surface area (Å²) in [5.41, 5.74) is 0.566. The first kappa shape index (κ1) is 21.9. The number of carboxylic acids is 1. The summed E-state index contributed by atoms with van der Waals surface area (Å²) >= 11 is 0. The number of fused-ring (bicyclic) bond motifs is 1.